The number of aromatic nitrogens is 2. The number of likely N-dealkylation sites (N-methyl/N-ethyl adjacent to an activating group) is 1. The number of hydrogen-bond donors (Lipinski definition) is 0. The van der Waals surface area contributed by atoms with E-state index in [1.807, 2.05) is 22.9 Å². The molecular weight excluding hydrogens is 397 g/mol. The van der Waals surface area contributed by atoms with E-state index in [-0.39, 0.29) is 23.8 Å². The van der Waals surface area contributed by atoms with Crippen molar-refractivity contribution in [2.75, 3.05) is 7.05 Å². The maximum Gasteiger partial charge on any atom is 0.263 e. The Labute approximate surface area is 168 Å². The summed E-state index contributed by atoms with van der Waals surface area (Å²) in [6, 6.07) is 9.89. The molecule has 0 aliphatic rings. The first-order valence-corrected chi connectivity index (χ1v) is 10.3. The third-order valence-electron chi connectivity index (χ3n) is 4.42. The molecular formula is C20H16FN3O2S2. The summed E-state index contributed by atoms with van der Waals surface area (Å²) in [6.07, 6.45) is 1.41. The van der Waals surface area contributed by atoms with Gasteiger partial charge in [0.05, 0.1) is 18.3 Å². The van der Waals surface area contributed by atoms with Gasteiger partial charge in [0.25, 0.3) is 5.56 Å². The van der Waals surface area contributed by atoms with Crippen molar-refractivity contribution in [3.63, 3.8) is 0 Å². The van der Waals surface area contributed by atoms with Gasteiger partial charge in [-0.05, 0) is 29.1 Å². The predicted octanol–water partition coefficient (Wildman–Crippen LogP) is 3.98. The van der Waals surface area contributed by atoms with Gasteiger partial charge in [0, 0.05) is 22.9 Å². The molecule has 0 bridgehead atoms. The van der Waals surface area contributed by atoms with Gasteiger partial charge < -0.3 is 4.90 Å². The molecule has 28 heavy (non-hydrogen) atoms. The molecule has 0 aliphatic carbocycles. The number of amides is 1. The van der Waals surface area contributed by atoms with E-state index in [1.54, 1.807) is 35.4 Å². The first-order valence-electron chi connectivity index (χ1n) is 8.52. The number of fused-ring (bicyclic) bond motifs is 1. The zero-order valence-corrected chi connectivity index (χ0v) is 16.6. The van der Waals surface area contributed by atoms with Crippen molar-refractivity contribution in [1.82, 2.24) is 14.5 Å². The van der Waals surface area contributed by atoms with Gasteiger partial charge in [0.15, 0.2) is 0 Å². The van der Waals surface area contributed by atoms with Crippen LogP contribution in [0, 0.1) is 5.82 Å². The fourth-order valence-electron chi connectivity index (χ4n) is 2.91. The van der Waals surface area contributed by atoms with Crippen LogP contribution >= 0.6 is 22.7 Å². The summed E-state index contributed by atoms with van der Waals surface area (Å²) in [7, 11) is 1.72. The minimum atomic E-state index is -0.335. The summed E-state index contributed by atoms with van der Waals surface area (Å²) in [5.41, 5.74) is 1.17. The molecule has 5 nitrogen and oxygen atoms in total. The van der Waals surface area contributed by atoms with Crippen molar-refractivity contribution in [3.8, 4) is 11.1 Å². The van der Waals surface area contributed by atoms with Crippen LogP contribution in [0.2, 0.25) is 0 Å². The molecule has 142 valence electrons. The second kappa shape index (κ2) is 7.65. The summed E-state index contributed by atoms with van der Waals surface area (Å²) in [6.45, 7) is 0.419. The summed E-state index contributed by atoms with van der Waals surface area (Å²) in [5, 5.41) is 4.25. The van der Waals surface area contributed by atoms with E-state index in [4.69, 9.17) is 0 Å². The van der Waals surface area contributed by atoms with Gasteiger partial charge in [-0.1, -0.05) is 18.2 Å². The molecule has 0 N–H and O–H groups in total. The van der Waals surface area contributed by atoms with Crippen LogP contribution in [0.25, 0.3) is 21.3 Å². The van der Waals surface area contributed by atoms with E-state index in [0.717, 1.165) is 10.4 Å². The third kappa shape index (κ3) is 3.61. The molecule has 4 aromatic rings. The molecule has 0 aliphatic heterocycles. The zero-order valence-electron chi connectivity index (χ0n) is 15.0. The number of carbonyl (C=O) groups excluding carboxylic acids is 1. The molecule has 0 fully saturated rings. The summed E-state index contributed by atoms with van der Waals surface area (Å²) >= 11 is 2.93. The predicted molar refractivity (Wildman–Crippen MR) is 110 cm³/mol. The van der Waals surface area contributed by atoms with Crippen LogP contribution in [0.15, 0.2) is 58.3 Å². The second-order valence-electron chi connectivity index (χ2n) is 6.34. The molecule has 0 unspecified atom stereocenters. The first-order chi connectivity index (χ1) is 13.5. The van der Waals surface area contributed by atoms with Crippen molar-refractivity contribution in [1.29, 1.82) is 0 Å². The molecule has 8 heteroatoms. The zero-order chi connectivity index (χ0) is 19.7. The maximum atomic E-state index is 13.2. The Morgan fingerprint density at radius 1 is 1.21 bits per heavy atom. The third-order valence-corrected chi connectivity index (χ3v) is 6.17. The molecule has 4 rings (SSSR count). The highest BCUT2D eigenvalue weighted by atomic mass is 32.1. The van der Waals surface area contributed by atoms with Gasteiger partial charge in [-0.3, -0.25) is 14.2 Å². The highest BCUT2D eigenvalue weighted by molar-refractivity contribution is 7.17. The fourth-order valence-corrected chi connectivity index (χ4v) is 4.58. The van der Waals surface area contributed by atoms with E-state index in [1.165, 1.54) is 34.4 Å². The van der Waals surface area contributed by atoms with Gasteiger partial charge in [-0.2, -0.15) is 0 Å². The lowest BCUT2D eigenvalue weighted by Gasteiger charge is -2.16. The second-order valence-corrected chi connectivity index (χ2v) is 8.23. The molecule has 0 saturated heterocycles. The molecule has 0 atom stereocenters. The van der Waals surface area contributed by atoms with Crippen LogP contribution in [-0.2, 0) is 17.9 Å². The topological polar surface area (TPSA) is 55.2 Å². The van der Waals surface area contributed by atoms with Crippen LogP contribution in [0.3, 0.4) is 0 Å². The highest BCUT2D eigenvalue weighted by Crippen LogP contribution is 2.30. The Kier molecular flexibility index (Phi) is 5.06. The average molecular weight is 413 g/mol. The first kappa shape index (κ1) is 18.5. The van der Waals surface area contributed by atoms with E-state index in [9.17, 15) is 14.0 Å². The number of carbonyl (C=O) groups is 1. The SMILES string of the molecule is CN(Cc1cccs1)C(=O)Cn1cnc2scc(-c3ccc(F)cc3)c2c1=O. The van der Waals surface area contributed by atoms with Crippen molar-refractivity contribution in [3.05, 3.63) is 74.5 Å². The van der Waals surface area contributed by atoms with Crippen LogP contribution in [0.4, 0.5) is 4.39 Å². The van der Waals surface area contributed by atoms with E-state index >= 15 is 0 Å². The van der Waals surface area contributed by atoms with Crippen molar-refractivity contribution < 1.29 is 9.18 Å². The molecule has 1 amide bonds. The molecule has 0 radical (unpaired) electrons. The van der Waals surface area contributed by atoms with Gasteiger partial charge >= 0.3 is 0 Å². The Balaban J connectivity index is 1.64. The minimum absolute atomic E-state index is 0.0810. The van der Waals surface area contributed by atoms with Crippen LogP contribution < -0.4 is 5.56 Å². The van der Waals surface area contributed by atoms with Crippen molar-refractivity contribution in [2.45, 2.75) is 13.1 Å². The quantitative estimate of drug-likeness (QED) is 0.497. The minimum Gasteiger partial charge on any atom is -0.339 e. The molecule has 0 spiro atoms. The summed E-state index contributed by atoms with van der Waals surface area (Å²) in [4.78, 5) is 33.2. The smallest absolute Gasteiger partial charge is 0.263 e. The highest BCUT2D eigenvalue weighted by Gasteiger charge is 2.16. The molecule has 0 saturated carbocycles. The average Bonchev–Trinajstić information content (AvgIpc) is 3.34. The number of nitrogens with zero attached hydrogens (tertiary/aromatic N) is 3. The van der Waals surface area contributed by atoms with Gasteiger partial charge in [0.2, 0.25) is 5.91 Å². The van der Waals surface area contributed by atoms with Gasteiger partial charge in [-0.15, -0.1) is 22.7 Å². The Morgan fingerprint density at radius 2 is 2.00 bits per heavy atom. The number of thiophene rings is 2. The lowest BCUT2D eigenvalue weighted by atomic mass is 10.1. The van der Waals surface area contributed by atoms with E-state index in [0.29, 0.717) is 22.3 Å². The van der Waals surface area contributed by atoms with Gasteiger partial charge in [-0.25, -0.2) is 9.37 Å². The summed E-state index contributed by atoms with van der Waals surface area (Å²) < 4.78 is 14.6. The van der Waals surface area contributed by atoms with Gasteiger partial charge in [0.1, 0.15) is 17.2 Å². The number of hydrogen-bond acceptors (Lipinski definition) is 5. The lowest BCUT2D eigenvalue weighted by Crippen LogP contribution is -2.33. The Hall–Kier alpha value is -2.84. The molecule has 3 heterocycles. The lowest BCUT2D eigenvalue weighted by molar-refractivity contribution is -0.131. The van der Waals surface area contributed by atoms with E-state index < -0.39 is 0 Å². The fraction of sp³-hybridized carbons (Fsp3) is 0.150. The maximum absolute atomic E-state index is 13.2. The molecule has 3 aromatic heterocycles. The standard InChI is InChI=1S/C20H16FN3O2S2/c1-23(9-15-3-2-8-27-15)17(25)10-24-12-22-19-18(20(24)26)16(11-28-19)13-4-6-14(21)7-5-13/h2-8,11-12H,9-10H2,1H3. The van der Waals surface area contributed by atoms with Crippen LogP contribution in [-0.4, -0.2) is 27.4 Å². The van der Waals surface area contributed by atoms with E-state index in [2.05, 4.69) is 4.98 Å². The Bertz CT molecular complexity index is 1180. The summed E-state index contributed by atoms with van der Waals surface area (Å²) in [5.74, 6) is -0.506. The van der Waals surface area contributed by atoms with Crippen molar-refractivity contribution in [2.24, 2.45) is 0 Å². The Morgan fingerprint density at radius 3 is 2.71 bits per heavy atom. The van der Waals surface area contributed by atoms with Crippen molar-refractivity contribution >= 4 is 38.8 Å². The number of halogens is 1. The largest absolute Gasteiger partial charge is 0.339 e. The molecule has 1 aromatic carbocycles. The van der Waals surface area contributed by atoms with Crippen LogP contribution in [0.1, 0.15) is 4.88 Å². The number of benzene rings is 1. The van der Waals surface area contributed by atoms with Crippen LogP contribution in [0.5, 0.6) is 0 Å². The normalized spacial score (nSPS) is 11.1. The monoisotopic (exact) mass is 413 g/mol. The number of rotatable bonds is 5.